The van der Waals surface area contributed by atoms with Gasteiger partial charge in [-0.05, 0) is 25.7 Å². The minimum Gasteiger partial charge on any atom is -0.355 e. The number of ether oxygens (including phenoxy) is 2. The normalized spacial score (nSPS) is 36.7. The maximum Gasteiger partial charge on any atom is 0.147 e. The molecule has 0 N–H and O–H groups in total. The van der Waals surface area contributed by atoms with Gasteiger partial charge in [0.1, 0.15) is 6.79 Å². The van der Waals surface area contributed by atoms with Crippen LogP contribution in [0.1, 0.15) is 25.7 Å². The van der Waals surface area contributed by atoms with E-state index in [2.05, 4.69) is 12.2 Å². The van der Waals surface area contributed by atoms with E-state index >= 15 is 0 Å². The van der Waals surface area contributed by atoms with Crippen LogP contribution in [-0.4, -0.2) is 19.5 Å². The van der Waals surface area contributed by atoms with Gasteiger partial charge in [-0.25, -0.2) is 0 Å². The molecule has 1 heterocycles. The summed E-state index contributed by atoms with van der Waals surface area (Å²) in [6.45, 7) is 1.37. The fraction of sp³-hybridized carbons (Fsp3) is 0.800. The van der Waals surface area contributed by atoms with Crippen molar-refractivity contribution in [1.82, 2.24) is 0 Å². The third kappa shape index (κ3) is 1.87. The van der Waals surface area contributed by atoms with Crippen molar-refractivity contribution >= 4 is 0 Å². The molecule has 12 heavy (non-hydrogen) atoms. The molecule has 2 atom stereocenters. The van der Waals surface area contributed by atoms with Crippen LogP contribution in [0.2, 0.25) is 0 Å². The molecule has 0 amide bonds. The number of hydrogen-bond donors (Lipinski definition) is 0. The number of hydrogen-bond acceptors (Lipinski definition) is 2. The standard InChI is InChI=1S/C10H16O2/c1-2-4-9(5-3-1)10-6-7-11-8-12-10/h2,4,9-10H,1,3,5-8H2/t9-,10+/m0/s1. The van der Waals surface area contributed by atoms with Crippen molar-refractivity contribution in [3.8, 4) is 0 Å². The minimum absolute atomic E-state index is 0.426. The number of allylic oxidation sites excluding steroid dienone is 1. The molecule has 2 aliphatic rings. The first-order valence-electron chi connectivity index (χ1n) is 4.83. The Labute approximate surface area is 73.5 Å². The smallest absolute Gasteiger partial charge is 0.147 e. The highest BCUT2D eigenvalue weighted by molar-refractivity contribution is 4.96. The molecule has 0 aromatic rings. The van der Waals surface area contributed by atoms with E-state index in [0.29, 0.717) is 18.8 Å². The summed E-state index contributed by atoms with van der Waals surface area (Å²) in [4.78, 5) is 0. The Morgan fingerprint density at radius 1 is 1.25 bits per heavy atom. The van der Waals surface area contributed by atoms with E-state index in [1.165, 1.54) is 19.3 Å². The van der Waals surface area contributed by atoms with E-state index in [4.69, 9.17) is 9.47 Å². The molecule has 0 radical (unpaired) electrons. The molecule has 1 saturated heterocycles. The lowest BCUT2D eigenvalue weighted by Gasteiger charge is -2.29. The molecule has 0 spiro atoms. The van der Waals surface area contributed by atoms with Gasteiger partial charge in [-0.1, -0.05) is 12.2 Å². The van der Waals surface area contributed by atoms with Gasteiger partial charge in [0.2, 0.25) is 0 Å². The summed E-state index contributed by atoms with van der Waals surface area (Å²) in [6.07, 6.45) is 9.96. The molecule has 2 rings (SSSR count). The van der Waals surface area contributed by atoms with E-state index in [9.17, 15) is 0 Å². The summed E-state index contributed by atoms with van der Waals surface area (Å²) >= 11 is 0. The largest absolute Gasteiger partial charge is 0.355 e. The SMILES string of the molecule is C1=C[C@H]([C@H]2CCOCO2)CCC1. The fourth-order valence-electron chi connectivity index (χ4n) is 1.96. The van der Waals surface area contributed by atoms with Crippen molar-refractivity contribution in [1.29, 1.82) is 0 Å². The Hall–Kier alpha value is -0.340. The summed E-state index contributed by atoms with van der Waals surface area (Å²) in [5, 5.41) is 0. The van der Waals surface area contributed by atoms with E-state index in [0.717, 1.165) is 13.0 Å². The van der Waals surface area contributed by atoms with Gasteiger partial charge in [0.05, 0.1) is 12.7 Å². The third-order valence-electron chi connectivity index (χ3n) is 2.68. The molecule has 0 saturated carbocycles. The second-order valence-electron chi connectivity index (χ2n) is 3.54. The van der Waals surface area contributed by atoms with Crippen molar-refractivity contribution in [2.45, 2.75) is 31.8 Å². The van der Waals surface area contributed by atoms with Crippen LogP contribution >= 0.6 is 0 Å². The van der Waals surface area contributed by atoms with Crippen LogP contribution in [0.25, 0.3) is 0 Å². The van der Waals surface area contributed by atoms with Gasteiger partial charge >= 0.3 is 0 Å². The van der Waals surface area contributed by atoms with E-state index in [-0.39, 0.29) is 0 Å². The highest BCUT2D eigenvalue weighted by Gasteiger charge is 2.23. The van der Waals surface area contributed by atoms with Crippen molar-refractivity contribution in [2.24, 2.45) is 5.92 Å². The summed E-state index contributed by atoms with van der Waals surface area (Å²) in [7, 11) is 0. The predicted molar refractivity (Wildman–Crippen MR) is 46.8 cm³/mol. The summed E-state index contributed by atoms with van der Waals surface area (Å²) < 4.78 is 10.7. The molecule has 68 valence electrons. The molecular formula is C10H16O2. The quantitative estimate of drug-likeness (QED) is 0.558. The van der Waals surface area contributed by atoms with E-state index < -0.39 is 0 Å². The topological polar surface area (TPSA) is 18.5 Å². The zero-order chi connectivity index (χ0) is 8.23. The molecule has 1 fully saturated rings. The lowest BCUT2D eigenvalue weighted by atomic mass is 9.89. The predicted octanol–water partition coefficient (Wildman–Crippen LogP) is 2.11. The maximum atomic E-state index is 5.54. The van der Waals surface area contributed by atoms with Gasteiger partial charge < -0.3 is 9.47 Å². The van der Waals surface area contributed by atoms with Crippen LogP contribution in [0.4, 0.5) is 0 Å². The second kappa shape index (κ2) is 4.06. The minimum atomic E-state index is 0.426. The Balaban J connectivity index is 1.88. The zero-order valence-electron chi connectivity index (χ0n) is 7.37. The van der Waals surface area contributed by atoms with Gasteiger partial charge in [0.15, 0.2) is 0 Å². The highest BCUT2D eigenvalue weighted by atomic mass is 16.7. The molecule has 2 heteroatoms. The molecular weight excluding hydrogens is 152 g/mol. The van der Waals surface area contributed by atoms with Crippen molar-refractivity contribution in [3.63, 3.8) is 0 Å². The molecule has 0 aromatic carbocycles. The van der Waals surface area contributed by atoms with Gasteiger partial charge in [-0.2, -0.15) is 0 Å². The monoisotopic (exact) mass is 168 g/mol. The lowest BCUT2D eigenvalue weighted by Crippen LogP contribution is -2.30. The molecule has 0 unspecified atom stereocenters. The molecule has 2 nitrogen and oxygen atoms in total. The third-order valence-corrected chi connectivity index (χ3v) is 2.68. The van der Waals surface area contributed by atoms with Crippen LogP contribution in [0.5, 0.6) is 0 Å². The van der Waals surface area contributed by atoms with Crippen molar-refractivity contribution in [3.05, 3.63) is 12.2 Å². The number of rotatable bonds is 1. The first-order chi connectivity index (χ1) is 5.97. The lowest BCUT2D eigenvalue weighted by molar-refractivity contribution is -0.151. The van der Waals surface area contributed by atoms with Crippen LogP contribution in [0, 0.1) is 5.92 Å². The van der Waals surface area contributed by atoms with Crippen molar-refractivity contribution < 1.29 is 9.47 Å². The summed E-state index contributed by atoms with van der Waals surface area (Å²) in [5.41, 5.74) is 0. The van der Waals surface area contributed by atoms with Crippen LogP contribution in [0.3, 0.4) is 0 Å². The van der Waals surface area contributed by atoms with Gasteiger partial charge in [0, 0.05) is 5.92 Å². The molecule has 0 aromatic heterocycles. The second-order valence-corrected chi connectivity index (χ2v) is 3.54. The van der Waals surface area contributed by atoms with Crippen LogP contribution in [-0.2, 0) is 9.47 Å². The van der Waals surface area contributed by atoms with Crippen LogP contribution < -0.4 is 0 Å². The first-order valence-corrected chi connectivity index (χ1v) is 4.83. The Morgan fingerprint density at radius 2 is 2.25 bits per heavy atom. The van der Waals surface area contributed by atoms with Gasteiger partial charge in [-0.3, -0.25) is 0 Å². The van der Waals surface area contributed by atoms with Gasteiger partial charge in [0.25, 0.3) is 0 Å². The van der Waals surface area contributed by atoms with Crippen molar-refractivity contribution in [2.75, 3.05) is 13.4 Å². The van der Waals surface area contributed by atoms with E-state index in [1.807, 2.05) is 0 Å². The molecule has 0 bridgehead atoms. The van der Waals surface area contributed by atoms with Crippen LogP contribution in [0.15, 0.2) is 12.2 Å². The first kappa shape index (κ1) is 8.27. The zero-order valence-corrected chi connectivity index (χ0v) is 7.37. The Kier molecular flexibility index (Phi) is 2.79. The van der Waals surface area contributed by atoms with E-state index in [1.54, 1.807) is 0 Å². The fourth-order valence-corrected chi connectivity index (χ4v) is 1.96. The average Bonchev–Trinajstić information content (AvgIpc) is 2.21. The Bertz CT molecular complexity index is 159. The maximum absolute atomic E-state index is 5.54. The molecule has 1 aliphatic heterocycles. The van der Waals surface area contributed by atoms with Gasteiger partial charge in [-0.15, -0.1) is 0 Å². The Morgan fingerprint density at radius 3 is 2.92 bits per heavy atom. The summed E-state index contributed by atoms with van der Waals surface area (Å²) in [6, 6.07) is 0. The average molecular weight is 168 g/mol. The molecule has 1 aliphatic carbocycles. The summed E-state index contributed by atoms with van der Waals surface area (Å²) in [5.74, 6) is 0.655. The highest BCUT2D eigenvalue weighted by Crippen LogP contribution is 2.25.